The molecular weight excluding hydrogens is 542 g/mol. The fourth-order valence-electron chi connectivity index (χ4n) is 5.43. The van der Waals surface area contributed by atoms with Crippen molar-refractivity contribution in [2.75, 3.05) is 40.2 Å². The number of benzene rings is 4. The number of aromatic nitrogens is 1. The first-order chi connectivity index (χ1) is 20.9. The van der Waals surface area contributed by atoms with Crippen LogP contribution >= 0.6 is 0 Å². The highest BCUT2D eigenvalue weighted by atomic mass is 16.5. The minimum atomic E-state index is -0.155. The maximum absolute atomic E-state index is 13.2. The van der Waals surface area contributed by atoms with Crippen molar-refractivity contribution in [3.8, 4) is 17.2 Å². The largest absolute Gasteiger partial charge is 0.495 e. The fraction of sp³-hybridized carbons (Fsp3) is 0.257. The van der Waals surface area contributed by atoms with Crippen LogP contribution in [-0.2, 0) is 24.2 Å². The average molecular weight is 580 g/mol. The quantitative estimate of drug-likeness (QED) is 0.177. The van der Waals surface area contributed by atoms with Crippen LogP contribution in [0.5, 0.6) is 17.2 Å². The predicted octanol–water partition coefficient (Wildman–Crippen LogP) is 5.95. The third kappa shape index (κ3) is 6.81. The second kappa shape index (κ2) is 13.4. The number of hydrogen-bond acceptors (Lipinski definition) is 6. The molecule has 0 aliphatic rings. The summed E-state index contributed by atoms with van der Waals surface area (Å²) >= 11 is 0. The second-order valence-corrected chi connectivity index (χ2v) is 10.6. The molecule has 8 nitrogen and oxygen atoms in total. The van der Waals surface area contributed by atoms with Crippen LogP contribution in [0.25, 0.3) is 21.8 Å². The lowest BCUT2D eigenvalue weighted by atomic mass is 10.0. The van der Waals surface area contributed by atoms with Gasteiger partial charge in [-0.05, 0) is 85.6 Å². The van der Waals surface area contributed by atoms with Crippen molar-refractivity contribution in [2.45, 2.75) is 25.8 Å². The van der Waals surface area contributed by atoms with Crippen LogP contribution in [0.4, 0.5) is 5.69 Å². The van der Waals surface area contributed by atoms with Gasteiger partial charge >= 0.3 is 0 Å². The number of pyridine rings is 1. The number of nitrogens with one attached hydrogen (secondary N) is 2. The Kier molecular flexibility index (Phi) is 9.27. The molecule has 1 heterocycles. The molecule has 4 aromatic carbocycles. The van der Waals surface area contributed by atoms with E-state index in [0.29, 0.717) is 27.6 Å². The number of methoxy groups -OCH3 is 3. The number of rotatable bonds is 12. The van der Waals surface area contributed by atoms with Gasteiger partial charge in [0, 0.05) is 23.0 Å². The summed E-state index contributed by atoms with van der Waals surface area (Å²) in [5.41, 5.74) is 5.04. The zero-order valence-corrected chi connectivity index (χ0v) is 25.0. The average Bonchev–Trinajstić information content (AvgIpc) is 3.02. The Hall–Kier alpha value is -4.82. The van der Waals surface area contributed by atoms with Gasteiger partial charge in [-0.25, -0.2) is 0 Å². The van der Waals surface area contributed by atoms with Crippen LogP contribution in [-0.4, -0.2) is 50.7 Å². The monoisotopic (exact) mass is 579 g/mol. The van der Waals surface area contributed by atoms with Crippen molar-refractivity contribution in [2.24, 2.45) is 0 Å². The first-order valence-corrected chi connectivity index (χ1v) is 14.3. The minimum absolute atomic E-state index is 0.0901. The predicted molar refractivity (Wildman–Crippen MR) is 172 cm³/mol. The van der Waals surface area contributed by atoms with Gasteiger partial charge in [0.1, 0.15) is 5.75 Å². The lowest BCUT2D eigenvalue weighted by Crippen LogP contribution is -2.19. The van der Waals surface area contributed by atoms with Gasteiger partial charge in [0.25, 0.3) is 0 Å². The molecule has 0 unspecified atom stereocenters. The lowest BCUT2D eigenvalue weighted by molar-refractivity contribution is -0.115. The molecule has 5 rings (SSSR count). The summed E-state index contributed by atoms with van der Waals surface area (Å²) in [5, 5.41) is 4.09. The first kappa shape index (κ1) is 29.7. The topological polar surface area (TPSA) is 92.9 Å². The highest BCUT2D eigenvalue weighted by Crippen LogP contribution is 2.28. The van der Waals surface area contributed by atoms with E-state index in [1.807, 2.05) is 42.5 Å². The third-order valence-electron chi connectivity index (χ3n) is 7.63. The Labute approximate surface area is 251 Å². The van der Waals surface area contributed by atoms with Crippen LogP contribution in [0.15, 0.2) is 83.7 Å². The van der Waals surface area contributed by atoms with Crippen molar-refractivity contribution in [1.29, 1.82) is 0 Å². The van der Waals surface area contributed by atoms with Crippen molar-refractivity contribution >= 4 is 33.4 Å². The van der Waals surface area contributed by atoms with E-state index in [0.717, 1.165) is 48.7 Å². The standard InChI is InChI=1S/C35H37N3O5/c1-38(22-24-15-18-29(41-2)31(20-24)43-4)19-7-8-23-13-16-26(17-14-23)36-32(39)21-25-9-5-10-27-33(25)37-34-28(35(27)40)11-6-12-30(34)42-3/h5-6,9-18,20H,7-8,19,21-22H2,1-4H3,(H,36,39)(H,37,40). The number of amides is 1. The molecule has 222 valence electrons. The number of anilines is 1. The zero-order valence-electron chi connectivity index (χ0n) is 25.0. The Morgan fingerprint density at radius 3 is 2.19 bits per heavy atom. The lowest BCUT2D eigenvalue weighted by Gasteiger charge is -2.18. The summed E-state index contributed by atoms with van der Waals surface area (Å²) in [6.07, 6.45) is 2.07. The number of nitrogens with zero attached hydrogens (tertiary/aromatic N) is 1. The number of H-pyrrole nitrogens is 1. The number of aryl methyl sites for hydroxylation is 1. The van der Waals surface area contributed by atoms with Crippen molar-refractivity contribution in [3.63, 3.8) is 0 Å². The minimum Gasteiger partial charge on any atom is -0.495 e. The number of aromatic amines is 1. The Morgan fingerprint density at radius 1 is 0.791 bits per heavy atom. The van der Waals surface area contributed by atoms with Crippen LogP contribution in [0.1, 0.15) is 23.1 Å². The highest BCUT2D eigenvalue weighted by Gasteiger charge is 2.14. The van der Waals surface area contributed by atoms with Crippen LogP contribution in [0.2, 0.25) is 0 Å². The van der Waals surface area contributed by atoms with Crippen molar-refractivity contribution < 1.29 is 19.0 Å². The zero-order chi connectivity index (χ0) is 30.3. The van der Waals surface area contributed by atoms with Crippen molar-refractivity contribution in [3.05, 3.63) is 106 Å². The number of fused-ring (bicyclic) bond motifs is 2. The van der Waals surface area contributed by atoms with Crippen molar-refractivity contribution in [1.82, 2.24) is 9.88 Å². The molecule has 0 fully saturated rings. The molecule has 5 aromatic rings. The molecule has 1 aromatic heterocycles. The van der Waals surface area contributed by atoms with E-state index in [2.05, 4.69) is 40.4 Å². The van der Waals surface area contributed by atoms with Gasteiger partial charge in [-0.2, -0.15) is 0 Å². The molecule has 2 N–H and O–H groups in total. The molecule has 0 saturated heterocycles. The number of carbonyl (C=O) groups excluding carboxylic acids is 1. The maximum atomic E-state index is 13.2. The van der Waals surface area contributed by atoms with E-state index < -0.39 is 0 Å². The summed E-state index contributed by atoms with van der Waals surface area (Å²) in [6.45, 7) is 1.76. The molecule has 43 heavy (non-hydrogen) atoms. The Morgan fingerprint density at radius 2 is 1.47 bits per heavy atom. The van der Waals surface area contributed by atoms with E-state index in [1.165, 1.54) is 11.1 Å². The van der Waals surface area contributed by atoms with Crippen LogP contribution < -0.4 is 25.0 Å². The molecule has 0 atom stereocenters. The van der Waals surface area contributed by atoms with Gasteiger partial charge in [-0.15, -0.1) is 0 Å². The van der Waals surface area contributed by atoms with Gasteiger partial charge in [0.05, 0.1) is 38.8 Å². The molecule has 0 saturated carbocycles. The third-order valence-corrected chi connectivity index (χ3v) is 7.63. The van der Waals surface area contributed by atoms with Gasteiger partial charge in [0.2, 0.25) is 5.91 Å². The summed E-state index contributed by atoms with van der Waals surface area (Å²) in [7, 11) is 6.97. The molecular formula is C35H37N3O5. The SMILES string of the molecule is COc1ccc(CN(C)CCCc2ccc(NC(=O)Cc3cccc4c(=O)c5cccc(OC)c5[nH]c34)cc2)cc1OC. The van der Waals surface area contributed by atoms with E-state index in [9.17, 15) is 9.59 Å². The van der Waals surface area contributed by atoms with E-state index in [-0.39, 0.29) is 17.8 Å². The van der Waals surface area contributed by atoms with Crippen LogP contribution in [0, 0.1) is 0 Å². The fourth-order valence-corrected chi connectivity index (χ4v) is 5.43. The molecule has 0 radical (unpaired) electrons. The number of carbonyl (C=O) groups is 1. The van der Waals surface area contributed by atoms with E-state index >= 15 is 0 Å². The summed E-state index contributed by atoms with van der Waals surface area (Å²) in [4.78, 5) is 31.8. The number of ether oxygens (including phenoxy) is 3. The molecule has 0 bridgehead atoms. The maximum Gasteiger partial charge on any atom is 0.228 e. The molecule has 0 aliphatic heterocycles. The summed E-state index contributed by atoms with van der Waals surface area (Å²) in [5.74, 6) is 1.90. The molecule has 1 amide bonds. The highest BCUT2D eigenvalue weighted by molar-refractivity contribution is 5.99. The smallest absolute Gasteiger partial charge is 0.228 e. The molecule has 8 heteroatoms. The molecule has 0 spiro atoms. The normalized spacial score (nSPS) is 11.2. The second-order valence-electron chi connectivity index (χ2n) is 10.6. The summed E-state index contributed by atoms with van der Waals surface area (Å²) in [6, 6.07) is 24.8. The van der Waals surface area contributed by atoms with Gasteiger partial charge in [-0.3, -0.25) is 9.59 Å². The Balaban J connectivity index is 1.17. The number of para-hydroxylation sites is 2. The van der Waals surface area contributed by atoms with E-state index in [1.54, 1.807) is 39.5 Å². The van der Waals surface area contributed by atoms with Gasteiger partial charge < -0.3 is 29.4 Å². The van der Waals surface area contributed by atoms with E-state index in [4.69, 9.17) is 14.2 Å². The summed E-state index contributed by atoms with van der Waals surface area (Å²) < 4.78 is 16.2. The van der Waals surface area contributed by atoms with Gasteiger partial charge in [0.15, 0.2) is 16.9 Å². The Bertz CT molecular complexity index is 1800. The first-order valence-electron chi connectivity index (χ1n) is 14.3. The molecule has 0 aliphatic carbocycles. The number of hydrogen-bond donors (Lipinski definition) is 2. The van der Waals surface area contributed by atoms with Crippen LogP contribution in [0.3, 0.4) is 0 Å². The van der Waals surface area contributed by atoms with Gasteiger partial charge in [-0.1, -0.05) is 36.4 Å².